The van der Waals surface area contributed by atoms with Gasteiger partial charge in [-0.25, -0.2) is 13.1 Å². The lowest BCUT2D eigenvalue weighted by Crippen LogP contribution is -2.23. The van der Waals surface area contributed by atoms with Crippen LogP contribution < -0.4 is 10.0 Å². The number of hydrogen-bond donors (Lipinski definition) is 2. The number of nitrogens with one attached hydrogen (secondary N) is 2. The SMILES string of the molecule is Cn1nccc1CNS(=O)(=O)c1ccc(CNC2CC2)s1. The van der Waals surface area contributed by atoms with Crippen molar-refractivity contribution in [1.82, 2.24) is 19.8 Å². The van der Waals surface area contributed by atoms with Crippen LogP contribution in [0.1, 0.15) is 23.4 Å². The molecule has 1 aliphatic rings. The van der Waals surface area contributed by atoms with Gasteiger partial charge in [0.2, 0.25) is 10.0 Å². The summed E-state index contributed by atoms with van der Waals surface area (Å²) in [5.41, 5.74) is 0.825. The summed E-state index contributed by atoms with van der Waals surface area (Å²) in [4.78, 5) is 1.04. The average molecular weight is 326 g/mol. The van der Waals surface area contributed by atoms with Crippen LogP contribution in [0.3, 0.4) is 0 Å². The van der Waals surface area contributed by atoms with Crippen LogP contribution in [-0.2, 0) is 30.2 Å². The molecule has 2 N–H and O–H groups in total. The van der Waals surface area contributed by atoms with Gasteiger partial charge in [0.05, 0.1) is 12.2 Å². The number of sulfonamides is 1. The molecule has 0 spiro atoms. The molecule has 1 saturated carbocycles. The Morgan fingerprint density at radius 3 is 2.81 bits per heavy atom. The van der Waals surface area contributed by atoms with Crippen LogP contribution in [0, 0.1) is 0 Å². The Morgan fingerprint density at radius 1 is 1.33 bits per heavy atom. The first-order chi connectivity index (χ1) is 10.0. The van der Waals surface area contributed by atoms with E-state index in [1.807, 2.05) is 6.07 Å². The second-order valence-electron chi connectivity index (χ2n) is 5.15. The number of aromatic nitrogens is 2. The molecule has 0 saturated heterocycles. The zero-order valence-corrected chi connectivity index (χ0v) is 13.4. The van der Waals surface area contributed by atoms with Gasteiger partial charge in [-0.3, -0.25) is 4.68 Å². The van der Waals surface area contributed by atoms with E-state index in [1.54, 1.807) is 30.1 Å². The van der Waals surface area contributed by atoms with E-state index in [0.29, 0.717) is 10.3 Å². The largest absolute Gasteiger partial charge is 0.309 e. The number of hydrogen-bond acceptors (Lipinski definition) is 5. The van der Waals surface area contributed by atoms with Crippen LogP contribution in [0.2, 0.25) is 0 Å². The van der Waals surface area contributed by atoms with E-state index in [0.717, 1.165) is 17.1 Å². The van der Waals surface area contributed by atoms with Crippen molar-refractivity contribution >= 4 is 21.4 Å². The zero-order chi connectivity index (χ0) is 14.9. The summed E-state index contributed by atoms with van der Waals surface area (Å²) in [6.07, 6.45) is 4.10. The van der Waals surface area contributed by atoms with Crippen LogP contribution in [-0.4, -0.2) is 24.2 Å². The molecular formula is C13H18N4O2S2. The highest BCUT2D eigenvalue weighted by atomic mass is 32.2. The fourth-order valence-electron chi connectivity index (χ4n) is 1.94. The Labute approximate surface area is 128 Å². The maximum atomic E-state index is 12.3. The first kappa shape index (κ1) is 14.7. The highest BCUT2D eigenvalue weighted by molar-refractivity contribution is 7.91. The molecule has 0 radical (unpaired) electrons. The topological polar surface area (TPSA) is 76.0 Å². The Kier molecular flexibility index (Phi) is 4.12. The van der Waals surface area contributed by atoms with Crippen molar-refractivity contribution in [2.24, 2.45) is 7.05 Å². The Bertz CT molecular complexity index is 716. The normalized spacial score (nSPS) is 15.5. The second-order valence-corrected chi connectivity index (χ2v) is 8.31. The summed E-state index contributed by atoms with van der Waals surface area (Å²) >= 11 is 1.32. The first-order valence-corrected chi connectivity index (χ1v) is 9.13. The Balaban J connectivity index is 1.62. The van der Waals surface area contributed by atoms with E-state index in [1.165, 1.54) is 24.2 Å². The van der Waals surface area contributed by atoms with Crippen LogP contribution in [0.4, 0.5) is 0 Å². The predicted molar refractivity (Wildman–Crippen MR) is 81.4 cm³/mol. The molecule has 0 bridgehead atoms. The third kappa shape index (κ3) is 3.70. The van der Waals surface area contributed by atoms with Gasteiger partial charge in [0, 0.05) is 30.7 Å². The minimum absolute atomic E-state index is 0.242. The number of rotatable bonds is 7. The van der Waals surface area contributed by atoms with E-state index < -0.39 is 10.0 Å². The molecule has 0 amide bonds. The molecule has 0 aliphatic heterocycles. The van der Waals surface area contributed by atoms with Crippen molar-refractivity contribution < 1.29 is 8.42 Å². The van der Waals surface area contributed by atoms with Crippen LogP contribution in [0.15, 0.2) is 28.6 Å². The minimum atomic E-state index is -3.46. The van der Waals surface area contributed by atoms with Crippen molar-refractivity contribution in [2.75, 3.05) is 0 Å². The average Bonchev–Trinajstić information content (AvgIpc) is 2.98. The lowest BCUT2D eigenvalue weighted by molar-refractivity contribution is 0.579. The van der Waals surface area contributed by atoms with E-state index in [2.05, 4.69) is 15.1 Å². The molecule has 0 unspecified atom stereocenters. The van der Waals surface area contributed by atoms with Crippen LogP contribution >= 0.6 is 11.3 Å². The number of thiophene rings is 1. The smallest absolute Gasteiger partial charge is 0.250 e. The number of aryl methyl sites for hydroxylation is 1. The minimum Gasteiger partial charge on any atom is -0.309 e. The molecule has 2 aromatic heterocycles. The fourth-order valence-corrected chi connectivity index (χ4v) is 4.30. The van der Waals surface area contributed by atoms with Gasteiger partial charge in [-0.1, -0.05) is 0 Å². The Morgan fingerprint density at radius 2 is 2.14 bits per heavy atom. The zero-order valence-electron chi connectivity index (χ0n) is 11.7. The van der Waals surface area contributed by atoms with Crippen molar-refractivity contribution in [1.29, 1.82) is 0 Å². The highest BCUT2D eigenvalue weighted by Gasteiger charge is 2.21. The molecular weight excluding hydrogens is 308 g/mol. The second kappa shape index (κ2) is 5.88. The monoisotopic (exact) mass is 326 g/mol. The molecule has 0 atom stereocenters. The molecule has 2 aromatic rings. The van der Waals surface area contributed by atoms with Gasteiger partial charge in [-0.15, -0.1) is 11.3 Å². The maximum absolute atomic E-state index is 12.3. The van der Waals surface area contributed by atoms with Gasteiger partial charge >= 0.3 is 0 Å². The summed E-state index contributed by atoms with van der Waals surface area (Å²) in [7, 11) is -1.67. The molecule has 1 aliphatic carbocycles. The fraction of sp³-hybridized carbons (Fsp3) is 0.462. The molecule has 6 nitrogen and oxygen atoms in total. The maximum Gasteiger partial charge on any atom is 0.250 e. The van der Waals surface area contributed by atoms with E-state index in [9.17, 15) is 8.42 Å². The molecule has 1 fully saturated rings. The molecule has 21 heavy (non-hydrogen) atoms. The number of nitrogens with zero attached hydrogens (tertiary/aromatic N) is 2. The lowest BCUT2D eigenvalue weighted by atomic mass is 10.4. The van der Waals surface area contributed by atoms with Crippen LogP contribution in [0.5, 0.6) is 0 Å². The predicted octanol–water partition coefficient (Wildman–Crippen LogP) is 1.21. The lowest BCUT2D eigenvalue weighted by Gasteiger charge is -2.05. The van der Waals surface area contributed by atoms with Crippen molar-refractivity contribution in [2.45, 2.75) is 36.2 Å². The summed E-state index contributed by atoms with van der Waals surface area (Å²) < 4.78 is 29.1. The molecule has 2 heterocycles. The molecule has 8 heteroatoms. The summed E-state index contributed by atoms with van der Waals surface area (Å²) in [5, 5.41) is 7.40. The van der Waals surface area contributed by atoms with Gasteiger partial charge < -0.3 is 5.32 Å². The van der Waals surface area contributed by atoms with Crippen molar-refractivity contribution in [3.8, 4) is 0 Å². The van der Waals surface area contributed by atoms with Crippen LogP contribution in [0.25, 0.3) is 0 Å². The van der Waals surface area contributed by atoms with Crippen molar-refractivity contribution in [3.05, 3.63) is 35.0 Å². The molecule has 0 aromatic carbocycles. The summed E-state index contributed by atoms with van der Waals surface area (Å²) in [6.45, 7) is 0.985. The summed E-state index contributed by atoms with van der Waals surface area (Å²) in [6, 6.07) is 5.95. The van der Waals surface area contributed by atoms with Gasteiger partial charge in [0.1, 0.15) is 4.21 Å². The standard InChI is InChI=1S/C13H18N4O2S2/c1-17-11(6-7-15-17)8-16-21(18,19)13-5-4-12(20-13)9-14-10-2-3-10/h4-7,10,14,16H,2-3,8-9H2,1H3. The van der Waals surface area contributed by atoms with Gasteiger partial charge in [-0.2, -0.15) is 5.10 Å². The van der Waals surface area contributed by atoms with Gasteiger partial charge in [0.25, 0.3) is 0 Å². The van der Waals surface area contributed by atoms with Gasteiger partial charge in [-0.05, 0) is 31.0 Å². The van der Waals surface area contributed by atoms with E-state index in [-0.39, 0.29) is 6.54 Å². The summed E-state index contributed by atoms with van der Waals surface area (Å²) in [5.74, 6) is 0. The van der Waals surface area contributed by atoms with E-state index >= 15 is 0 Å². The first-order valence-electron chi connectivity index (χ1n) is 6.83. The van der Waals surface area contributed by atoms with Gasteiger partial charge in [0.15, 0.2) is 0 Å². The highest BCUT2D eigenvalue weighted by Crippen LogP contribution is 2.24. The molecule has 114 valence electrons. The van der Waals surface area contributed by atoms with E-state index in [4.69, 9.17) is 0 Å². The quantitative estimate of drug-likeness (QED) is 0.802. The van der Waals surface area contributed by atoms with Crippen molar-refractivity contribution in [3.63, 3.8) is 0 Å². The molecule has 3 rings (SSSR count). The third-order valence-corrected chi connectivity index (χ3v) is 6.39. The third-order valence-electron chi connectivity index (χ3n) is 3.41. The Hall–Kier alpha value is -1.22.